The van der Waals surface area contributed by atoms with Gasteiger partial charge in [0, 0.05) is 19.6 Å². The molecule has 36 heavy (non-hydrogen) atoms. The van der Waals surface area contributed by atoms with E-state index in [-0.39, 0.29) is 11.4 Å². The summed E-state index contributed by atoms with van der Waals surface area (Å²) in [6, 6.07) is 36.1. The van der Waals surface area contributed by atoms with Gasteiger partial charge in [-0.3, -0.25) is 9.21 Å². The van der Waals surface area contributed by atoms with Crippen molar-refractivity contribution in [2.45, 2.75) is 31.0 Å². The van der Waals surface area contributed by atoms with Crippen LogP contribution in [0.4, 0.5) is 5.69 Å². The summed E-state index contributed by atoms with van der Waals surface area (Å²) < 4.78 is 28.8. The third-order valence-electron chi connectivity index (χ3n) is 6.05. The Morgan fingerprint density at radius 2 is 1.14 bits per heavy atom. The smallest absolute Gasteiger partial charge is 0.264 e. The molecular weight excluding hydrogens is 468 g/mol. The minimum Gasteiger partial charge on any atom is -0.390 e. The molecule has 0 bridgehead atoms. The van der Waals surface area contributed by atoms with Crippen LogP contribution in [0.5, 0.6) is 0 Å². The molecule has 1 atom stereocenters. The number of nitrogens with zero attached hydrogens (tertiary/aromatic N) is 2. The van der Waals surface area contributed by atoms with E-state index < -0.39 is 16.1 Å². The first-order valence-electron chi connectivity index (χ1n) is 12.0. The highest BCUT2D eigenvalue weighted by Gasteiger charge is 2.29. The van der Waals surface area contributed by atoms with Gasteiger partial charge in [-0.25, -0.2) is 8.42 Å². The highest BCUT2D eigenvalue weighted by molar-refractivity contribution is 7.92. The molecule has 1 N–H and O–H groups in total. The van der Waals surface area contributed by atoms with Gasteiger partial charge >= 0.3 is 0 Å². The largest absolute Gasteiger partial charge is 0.390 e. The Kier molecular flexibility index (Phi) is 8.54. The van der Waals surface area contributed by atoms with Crippen molar-refractivity contribution in [3.05, 3.63) is 132 Å². The molecule has 0 unspecified atom stereocenters. The molecule has 0 radical (unpaired) electrons. The van der Waals surface area contributed by atoms with Crippen LogP contribution in [0.15, 0.2) is 120 Å². The van der Waals surface area contributed by atoms with Crippen molar-refractivity contribution in [2.24, 2.45) is 0 Å². The molecule has 5 nitrogen and oxygen atoms in total. The van der Waals surface area contributed by atoms with Gasteiger partial charge < -0.3 is 5.11 Å². The van der Waals surface area contributed by atoms with Gasteiger partial charge in [0.25, 0.3) is 10.0 Å². The number of hydrogen-bond acceptors (Lipinski definition) is 4. The maximum absolute atomic E-state index is 13.8. The summed E-state index contributed by atoms with van der Waals surface area (Å²) in [5.74, 6) is 0. The van der Waals surface area contributed by atoms with Crippen LogP contribution in [0, 0.1) is 6.92 Å². The van der Waals surface area contributed by atoms with Crippen LogP contribution in [-0.4, -0.2) is 37.6 Å². The van der Waals surface area contributed by atoms with E-state index >= 15 is 0 Å². The molecule has 0 saturated carbocycles. The van der Waals surface area contributed by atoms with Crippen molar-refractivity contribution in [1.29, 1.82) is 0 Å². The van der Waals surface area contributed by atoms with Crippen molar-refractivity contribution in [2.75, 3.05) is 17.4 Å². The second-order valence-corrected chi connectivity index (χ2v) is 10.8. The fraction of sp³-hybridized carbons (Fsp3) is 0.200. The van der Waals surface area contributed by atoms with Crippen molar-refractivity contribution < 1.29 is 13.5 Å². The Balaban J connectivity index is 1.59. The molecule has 6 heteroatoms. The Hall–Kier alpha value is -3.45. The van der Waals surface area contributed by atoms with Crippen LogP contribution in [0.3, 0.4) is 0 Å². The van der Waals surface area contributed by atoms with Gasteiger partial charge in [-0.05, 0) is 41.8 Å². The van der Waals surface area contributed by atoms with Gasteiger partial charge in [0.2, 0.25) is 0 Å². The average Bonchev–Trinajstić information content (AvgIpc) is 2.89. The molecule has 0 fully saturated rings. The first-order chi connectivity index (χ1) is 17.4. The Bertz CT molecular complexity index is 1290. The van der Waals surface area contributed by atoms with Crippen LogP contribution in [0.2, 0.25) is 0 Å². The van der Waals surface area contributed by atoms with E-state index in [1.807, 2.05) is 48.5 Å². The molecule has 186 valence electrons. The van der Waals surface area contributed by atoms with Crippen LogP contribution >= 0.6 is 0 Å². The molecule has 4 aromatic carbocycles. The van der Waals surface area contributed by atoms with Gasteiger partial charge in [0.1, 0.15) is 0 Å². The molecule has 0 aliphatic heterocycles. The predicted octanol–water partition coefficient (Wildman–Crippen LogP) is 5.25. The third-order valence-corrected chi connectivity index (χ3v) is 8.00. The van der Waals surface area contributed by atoms with Gasteiger partial charge in [0.15, 0.2) is 0 Å². The number of hydrogen-bond donors (Lipinski definition) is 1. The van der Waals surface area contributed by atoms with Gasteiger partial charge in [-0.1, -0.05) is 97.1 Å². The first-order valence-corrected chi connectivity index (χ1v) is 13.5. The molecule has 0 aliphatic rings. The number of sulfonamides is 1. The molecule has 4 aromatic rings. The maximum Gasteiger partial charge on any atom is 0.264 e. The summed E-state index contributed by atoms with van der Waals surface area (Å²) in [4.78, 5) is 2.39. The number of rotatable bonds is 11. The van der Waals surface area contributed by atoms with E-state index in [1.54, 1.807) is 49.4 Å². The van der Waals surface area contributed by atoms with Crippen LogP contribution in [0.1, 0.15) is 16.7 Å². The Morgan fingerprint density at radius 3 is 1.67 bits per heavy atom. The van der Waals surface area contributed by atoms with Crippen molar-refractivity contribution >= 4 is 15.7 Å². The van der Waals surface area contributed by atoms with Crippen LogP contribution < -0.4 is 4.31 Å². The van der Waals surface area contributed by atoms with Crippen LogP contribution in [0.25, 0.3) is 0 Å². The number of aliphatic hydroxyl groups is 1. The fourth-order valence-electron chi connectivity index (χ4n) is 4.32. The second-order valence-electron chi connectivity index (χ2n) is 8.93. The van der Waals surface area contributed by atoms with Gasteiger partial charge in [0.05, 0.1) is 23.2 Å². The lowest BCUT2D eigenvalue weighted by molar-refractivity contribution is 0.111. The zero-order chi connectivity index (χ0) is 25.4. The van der Waals surface area contributed by atoms with E-state index in [1.165, 1.54) is 4.31 Å². The highest BCUT2D eigenvalue weighted by atomic mass is 32.2. The Morgan fingerprint density at radius 1 is 0.667 bits per heavy atom. The molecule has 0 amide bonds. The normalized spacial score (nSPS) is 12.4. The molecule has 0 heterocycles. The van der Waals surface area contributed by atoms with E-state index in [0.717, 1.165) is 11.1 Å². The summed E-state index contributed by atoms with van der Waals surface area (Å²) in [5, 5.41) is 11.2. The topological polar surface area (TPSA) is 60.9 Å². The van der Waals surface area contributed by atoms with Gasteiger partial charge in [-0.15, -0.1) is 0 Å². The van der Waals surface area contributed by atoms with Crippen molar-refractivity contribution in [1.82, 2.24) is 4.90 Å². The molecule has 0 aromatic heterocycles. The summed E-state index contributed by atoms with van der Waals surface area (Å²) >= 11 is 0. The molecular formula is C30H32N2O3S. The monoisotopic (exact) mass is 500 g/mol. The van der Waals surface area contributed by atoms with Crippen molar-refractivity contribution in [3.63, 3.8) is 0 Å². The number of anilines is 1. The molecule has 0 saturated heterocycles. The number of aliphatic hydroxyl groups excluding tert-OH is 1. The predicted molar refractivity (Wildman–Crippen MR) is 145 cm³/mol. The quantitative estimate of drug-likeness (QED) is 0.305. The standard InChI is InChI=1S/C30H32N2O3S/c1-25-13-11-12-20-30(25)36(34,35)32(28-18-9-4-10-19-28)24-29(33)23-31(21-26-14-5-2-6-15-26)22-27-16-7-3-8-17-27/h2-20,29,33H,21-24H2,1H3/t29-/m0/s1. The average molecular weight is 501 g/mol. The third kappa shape index (κ3) is 6.61. The fourth-order valence-corrected chi connectivity index (χ4v) is 6.05. The van der Waals surface area contributed by atoms with E-state index in [4.69, 9.17) is 0 Å². The maximum atomic E-state index is 13.8. The van der Waals surface area contributed by atoms with E-state index in [2.05, 4.69) is 29.2 Å². The highest BCUT2D eigenvalue weighted by Crippen LogP contribution is 2.26. The summed E-state index contributed by atoms with van der Waals surface area (Å²) in [6.45, 7) is 3.33. The minimum atomic E-state index is -3.88. The number of para-hydroxylation sites is 1. The summed E-state index contributed by atoms with van der Waals surface area (Å²) in [5.41, 5.74) is 3.46. The zero-order valence-corrected chi connectivity index (χ0v) is 21.3. The summed E-state index contributed by atoms with van der Waals surface area (Å²) in [7, 11) is -3.88. The SMILES string of the molecule is Cc1ccccc1S(=O)(=O)N(C[C@@H](O)CN(Cc1ccccc1)Cc1ccccc1)c1ccccc1. The number of aryl methyl sites for hydroxylation is 1. The Labute approximate surface area is 214 Å². The zero-order valence-electron chi connectivity index (χ0n) is 20.4. The van der Waals surface area contributed by atoms with E-state index in [9.17, 15) is 13.5 Å². The lowest BCUT2D eigenvalue weighted by Gasteiger charge is -2.30. The molecule has 0 aliphatic carbocycles. The lowest BCUT2D eigenvalue weighted by Crippen LogP contribution is -2.42. The molecule has 0 spiro atoms. The van der Waals surface area contributed by atoms with Gasteiger partial charge in [-0.2, -0.15) is 0 Å². The number of benzene rings is 4. The lowest BCUT2D eigenvalue weighted by atomic mass is 10.1. The van der Waals surface area contributed by atoms with Crippen molar-refractivity contribution in [3.8, 4) is 0 Å². The minimum absolute atomic E-state index is 0.0548. The molecule has 4 rings (SSSR count). The van der Waals surface area contributed by atoms with Crippen LogP contribution in [-0.2, 0) is 23.1 Å². The summed E-state index contributed by atoms with van der Waals surface area (Å²) in [6.07, 6.45) is -0.906. The second kappa shape index (κ2) is 12.0. The van der Waals surface area contributed by atoms with E-state index in [0.29, 0.717) is 30.9 Å². The first kappa shape index (κ1) is 25.6.